The van der Waals surface area contributed by atoms with Crippen LogP contribution < -0.4 is 18.9 Å². The Bertz CT molecular complexity index is 100. The second-order valence-corrected chi connectivity index (χ2v) is 3.82. The van der Waals surface area contributed by atoms with Gasteiger partial charge in [-0.1, -0.05) is 19.3 Å². The van der Waals surface area contributed by atoms with E-state index in [0.717, 1.165) is 6.42 Å². The molecule has 2 heteroatoms. The minimum absolute atomic E-state index is 0. The second kappa shape index (κ2) is 9.13. The molecule has 0 aliphatic carbocycles. The van der Waals surface area contributed by atoms with Crippen LogP contribution >= 0.6 is 0 Å². The first kappa shape index (κ1) is 13.6. The number of hydrogen-bond donors (Lipinski definition) is 0. The van der Waals surface area contributed by atoms with E-state index in [-0.39, 0.29) is 18.9 Å². The van der Waals surface area contributed by atoms with E-state index in [1.807, 2.05) is 0 Å². The van der Waals surface area contributed by atoms with Gasteiger partial charge in [0.25, 0.3) is 0 Å². The zero-order valence-electron chi connectivity index (χ0n) is 9.23. The van der Waals surface area contributed by atoms with Gasteiger partial charge in [-0.15, -0.1) is 0 Å². The van der Waals surface area contributed by atoms with Gasteiger partial charge in [-0.25, -0.2) is 0 Å². The first-order valence-corrected chi connectivity index (χ1v) is 5.45. The molecule has 0 N–H and O–H groups in total. The molecule has 0 bridgehead atoms. The summed E-state index contributed by atoms with van der Waals surface area (Å²) in [6.45, 7) is 7.89. The Hall–Kier alpha value is 0.557. The first-order chi connectivity index (χ1) is 5.93. The van der Waals surface area contributed by atoms with Crippen molar-refractivity contribution in [3.8, 4) is 0 Å². The number of rotatable bonds is 5. The van der Waals surface area contributed by atoms with Gasteiger partial charge < -0.3 is 11.8 Å². The smallest absolute Gasteiger partial charge is 0.343 e. The quantitative estimate of drug-likeness (QED) is 0.320. The summed E-state index contributed by atoms with van der Waals surface area (Å²) < 4.78 is 0. The molecule has 13 heavy (non-hydrogen) atoms. The van der Waals surface area contributed by atoms with Crippen LogP contribution in [0, 0.1) is 6.92 Å². The van der Waals surface area contributed by atoms with E-state index in [4.69, 9.17) is 0 Å². The van der Waals surface area contributed by atoms with E-state index in [1.54, 1.807) is 0 Å². The van der Waals surface area contributed by atoms with Gasteiger partial charge in [0, 0.05) is 0 Å². The van der Waals surface area contributed by atoms with Gasteiger partial charge in [0.2, 0.25) is 0 Å². The van der Waals surface area contributed by atoms with Crippen molar-refractivity contribution >= 4 is 0 Å². The zero-order chi connectivity index (χ0) is 8.65. The monoisotopic (exact) mass is 175 g/mol. The van der Waals surface area contributed by atoms with E-state index >= 15 is 0 Å². The molecule has 1 rings (SSSR count). The summed E-state index contributed by atoms with van der Waals surface area (Å²) in [5.74, 6) is 0. The van der Waals surface area contributed by atoms with Crippen LogP contribution in [0.4, 0.5) is 0 Å². The molecular weight excluding hydrogens is 153 g/mol. The fraction of sp³-hybridized carbons (Fsp3) is 0.909. The Morgan fingerprint density at radius 3 is 2.23 bits per heavy atom. The average Bonchev–Trinajstić information content (AvgIpc) is 2.14. The van der Waals surface area contributed by atoms with Crippen molar-refractivity contribution in [2.24, 2.45) is 0 Å². The van der Waals surface area contributed by atoms with Crippen LogP contribution in [-0.2, 0) is 0 Å². The Morgan fingerprint density at radius 1 is 0.923 bits per heavy atom. The third kappa shape index (κ3) is 6.60. The topological polar surface area (TPSA) is 3.24 Å². The Kier molecular flexibility index (Phi) is 9.52. The van der Waals surface area contributed by atoms with Gasteiger partial charge in [-0.3, -0.25) is 0 Å². The molecule has 0 unspecified atom stereocenters. The molecule has 0 atom stereocenters. The predicted octanol–water partition coefficient (Wildman–Crippen LogP) is -0.129. The third-order valence-corrected chi connectivity index (χ3v) is 2.67. The van der Waals surface area contributed by atoms with Gasteiger partial charge in [-0.2, -0.15) is 6.42 Å². The number of hydrogen-bond acceptors (Lipinski definition) is 1. The minimum Gasteiger partial charge on any atom is -0.343 e. The van der Waals surface area contributed by atoms with Crippen LogP contribution in [0.2, 0.25) is 0 Å². The van der Waals surface area contributed by atoms with E-state index in [2.05, 4.69) is 11.8 Å². The maximum Gasteiger partial charge on any atom is 1.00 e. The molecule has 0 radical (unpaired) electrons. The summed E-state index contributed by atoms with van der Waals surface area (Å²) in [7, 11) is 0. The van der Waals surface area contributed by atoms with Gasteiger partial charge in [0.15, 0.2) is 0 Å². The van der Waals surface area contributed by atoms with Crippen molar-refractivity contribution in [2.75, 3.05) is 19.6 Å². The standard InChI is InChI=1S/C11H22N.Li/c1-2-3-4-6-9-12-10-7-5-8-11-12;/h1-11H2;/q-1;+1. The Labute approximate surface area is 95.4 Å². The number of nitrogens with zero attached hydrogens (tertiary/aromatic N) is 1. The van der Waals surface area contributed by atoms with Crippen LogP contribution in [0.25, 0.3) is 0 Å². The van der Waals surface area contributed by atoms with Crippen LogP contribution in [-0.4, -0.2) is 24.5 Å². The Balaban J connectivity index is 0.00000144. The van der Waals surface area contributed by atoms with E-state index in [1.165, 1.54) is 58.2 Å². The molecular formula is C11H22LiN. The molecule has 1 nitrogen and oxygen atoms in total. The van der Waals surface area contributed by atoms with Crippen LogP contribution in [0.15, 0.2) is 0 Å². The third-order valence-electron chi connectivity index (χ3n) is 2.67. The SMILES string of the molecule is [CH2-]CCCCCN1CCCCC1.[Li+]. The number of unbranched alkanes of at least 4 members (excludes halogenated alkanes) is 3. The van der Waals surface area contributed by atoms with Gasteiger partial charge in [0.1, 0.15) is 0 Å². The Morgan fingerprint density at radius 2 is 1.62 bits per heavy atom. The second-order valence-electron chi connectivity index (χ2n) is 3.82. The number of piperidine rings is 1. The minimum atomic E-state index is 0. The van der Waals surface area contributed by atoms with Gasteiger partial charge in [0.05, 0.1) is 0 Å². The summed E-state index contributed by atoms with van der Waals surface area (Å²) in [6.07, 6.45) is 9.49. The molecule has 1 aliphatic heterocycles. The normalized spacial score (nSPS) is 18.2. The molecule has 0 aromatic rings. The molecule has 0 aromatic carbocycles. The molecule has 0 amide bonds. The molecule has 0 aromatic heterocycles. The molecule has 1 heterocycles. The van der Waals surface area contributed by atoms with Crippen molar-refractivity contribution in [3.63, 3.8) is 0 Å². The molecule has 0 saturated carbocycles. The van der Waals surface area contributed by atoms with Crippen molar-refractivity contribution in [1.82, 2.24) is 4.90 Å². The fourth-order valence-corrected chi connectivity index (χ4v) is 1.87. The van der Waals surface area contributed by atoms with Crippen molar-refractivity contribution in [1.29, 1.82) is 0 Å². The fourth-order valence-electron chi connectivity index (χ4n) is 1.87. The van der Waals surface area contributed by atoms with E-state index in [0.29, 0.717) is 0 Å². The maximum atomic E-state index is 3.86. The molecule has 0 spiro atoms. The average molecular weight is 175 g/mol. The summed E-state index contributed by atoms with van der Waals surface area (Å²) in [5, 5.41) is 0. The van der Waals surface area contributed by atoms with E-state index < -0.39 is 0 Å². The molecule has 72 valence electrons. The van der Waals surface area contributed by atoms with Crippen molar-refractivity contribution in [3.05, 3.63) is 6.92 Å². The molecule has 1 aliphatic rings. The van der Waals surface area contributed by atoms with Gasteiger partial charge in [-0.05, 0) is 38.9 Å². The van der Waals surface area contributed by atoms with Crippen LogP contribution in [0.3, 0.4) is 0 Å². The van der Waals surface area contributed by atoms with Crippen LogP contribution in [0.1, 0.15) is 44.9 Å². The van der Waals surface area contributed by atoms with Crippen molar-refractivity contribution < 1.29 is 18.9 Å². The van der Waals surface area contributed by atoms with E-state index in [9.17, 15) is 0 Å². The summed E-state index contributed by atoms with van der Waals surface area (Å²) in [6, 6.07) is 0. The maximum absolute atomic E-state index is 3.86. The largest absolute Gasteiger partial charge is 1.00 e. The van der Waals surface area contributed by atoms with Crippen LogP contribution in [0.5, 0.6) is 0 Å². The van der Waals surface area contributed by atoms with Gasteiger partial charge >= 0.3 is 18.9 Å². The zero-order valence-corrected chi connectivity index (χ0v) is 9.23. The summed E-state index contributed by atoms with van der Waals surface area (Å²) >= 11 is 0. The molecule has 1 saturated heterocycles. The molecule has 1 fully saturated rings. The van der Waals surface area contributed by atoms with Crippen molar-refractivity contribution in [2.45, 2.75) is 44.9 Å². The predicted molar refractivity (Wildman–Crippen MR) is 54.1 cm³/mol. The first-order valence-electron chi connectivity index (χ1n) is 5.45. The summed E-state index contributed by atoms with van der Waals surface area (Å²) in [4.78, 5) is 2.62. The summed E-state index contributed by atoms with van der Waals surface area (Å²) in [5.41, 5.74) is 0. The number of likely N-dealkylation sites (tertiary alicyclic amines) is 1.